The molecular weight excluding hydrogens is 333 g/mol. The second-order valence-electron chi connectivity index (χ2n) is 5.84. The number of halogens is 2. The molecule has 0 aliphatic carbocycles. The zero-order chi connectivity index (χ0) is 16.8. The van der Waals surface area contributed by atoms with Crippen molar-refractivity contribution in [3.05, 3.63) is 58.1 Å². The maximum absolute atomic E-state index is 10.5. The number of aliphatic hydroxyl groups is 1. The summed E-state index contributed by atoms with van der Waals surface area (Å²) in [4.78, 5) is 6.00. The van der Waals surface area contributed by atoms with Crippen LogP contribution in [0.3, 0.4) is 0 Å². The second-order valence-corrected chi connectivity index (χ2v) is 6.71. The third kappa shape index (κ3) is 2.78. The Kier molecular flexibility index (Phi) is 4.00. The molecule has 0 saturated heterocycles. The van der Waals surface area contributed by atoms with Gasteiger partial charge in [-0.3, -0.25) is 0 Å². The monoisotopic (exact) mass is 349 g/mol. The van der Waals surface area contributed by atoms with Crippen molar-refractivity contribution in [3.8, 4) is 11.1 Å². The average molecular weight is 350 g/mol. The van der Waals surface area contributed by atoms with E-state index >= 15 is 0 Å². The molecule has 2 aromatic carbocycles. The molecule has 1 aliphatic heterocycles. The molecule has 4 nitrogen and oxygen atoms in total. The first-order valence-corrected chi connectivity index (χ1v) is 7.90. The summed E-state index contributed by atoms with van der Waals surface area (Å²) >= 11 is 12.2. The maximum Gasteiger partial charge on any atom is 0.194 e. The first-order chi connectivity index (χ1) is 10.8. The van der Waals surface area contributed by atoms with Gasteiger partial charge >= 0.3 is 0 Å². The fourth-order valence-electron chi connectivity index (χ4n) is 2.82. The lowest BCUT2D eigenvalue weighted by Crippen LogP contribution is -2.43. The van der Waals surface area contributed by atoms with E-state index in [-0.39, 0.29) is 0 Å². The molecule has 0 aromatic heterocycles. The van der Waals surface area contributed by atoms with Gasteiger partial charge < -0.3 is 15.7 Å². The standard InChI is InChI=1S/C17H17Cl2N3O/c1-17(15(23)22(2)16(20)21-17)12-5-3-4-10(6-12)11-7-13(18)9-14(19)8-11/h3-9,15,23H,1-2H3,(H2,20,21). The summed E-state index contributed by atoms with van der Waals surface area (Å²) in [6.45, 7) is 1.86. The van der Waals surface area contributed by atoms with Crippen molar-refractivity contribution in [3.63, 3.8) is 0 Å². The lowest BCUT2D eigenvalue weighted by atomic mass is 9.89. The van der Waals surface area contributed by atoms with Crippen LogP contribution in [0, 0.1) is 0 Å². The summed E-state index contributed by atoms with van der Waals surface area (Å²) in [5.74, 6) is 0.316. The summed E-state index contributed by atoms with van der Waals surface area (Å²) in [6.07, 6.45) is -0.819. The Balaban J connectivity index is 2.07. The number of rotatable bonds is 2. The highest BCUT2D eigenvalue weighted by molar-refractivity contribution is 6.35. The highest BCUT2D eigenvalue weighted by atomic mass is 35.5. The Morgan fingerprint density at radius 1 is 1.13 bits per heavy atom. The van der Waals surface area contributed by atoms with Crippen molar-refractivity contribution >= 4 is 29.2 Å². The fraction of sp³-hybridized carbons (Fsp3) is 0.235. The number of aliphatic imine (C=N–C) groups is 1. The molecule has 23 heavy (non-hydrogen) atoms. The molecule has 2 aromatic rings. The first-order valence-electron chi connectivity index (χ1n) is 7.14. The Bertz CT molecular complexity index is 773. The molecule has 1 heterocycles. The summed E-state index contributed by atoms with van der Waals surface area (Å²) in [6, 6.07) is 13.2. The zero-order valence-electron chi connectivity index (χ0n) is 12.8. The van der Waals surface area contributed by atoms with Gasteiger partial charge in [-0.1, -0.05) is 41.4 Å². The zero-order valence-corrected chi connectivity index (χ0v) is 14.3. The van der Waals surface area contributed by atoms with Crippen LogP contribution in [0.5, 0.6) is 0 Å². The van der Waals surface area contributed by atoms with Crippen molar-refractivity contribution in [2.75, 3.05) is 7.05 Å². The molecule has 120 valence electrons. The van der Waals surface area contributed by atoms with Gasteiger partial charge in [0.25, 0.3) is 0 Å². The largest absolute Gasteiger partial charge is 0.371 e. The SMILES string of the molecule is CN1C(N)=NC(C)(c2cccc(-c3cc(Cl)cc(Cl)c3)c2)C1O. The number of aliphatic hydroxyl groups excluding tert-OH is 1. The minimum Gasteiger partial charge on any atom is -0.371 e. The minimum atomic E-state index is -0.822. The van der Waals surface area contributed by atoms with E-state index in [9.17, 15) is 5.11 Å². The molecule has 0 spiro atoms. The number of guanidine groups is 1. The average Bonchev–Trinajstić information content (AvgIpc) is 2.71. The maximum atomic E-state index is 10.5. The lowest BCUT2D eigenvalue weighted by Gasteiger charge is -2.29. The van der Waals surface area contributed by atoms with Gasteiger partial charge in [0.1, 0.15) is 5.54 Å². The fourth-order valence-corrected chi connectivity index (χ4v) is 3.35. The van der Waals surface area contributed by atoms with Crippen molar-refractivity contribution in [1.82, 2.24) is 4.90 Å². The lowest BCUT2D eigenvalue weighted by molar-refractivity contribution is 0.0224. The molecule has 3 N–H and O–H groups in total. The molecule has 0 amide bonds. The highest BCUT2D eigenvalue weighted by Gasteiger charge is 2.43. The molecule has 2 unspecified atom stereocenters. The van der Waals surface area contributed by atoms with Gasteiger partial charge in [0.15, 0.2) is 12.2 Å². The minimum absolute atomic E-state index is 0.316. The number of benzene rings is 2. The predicted octanol–water partition coefficient (Wildman–Crippen LogP) is 3.45. The van der Waals surface area contributed by atoms with Crippen molar-refractivity contribution in [2.45, 2.75) is 18.7 Å². The van der Waals surface area contributed by atoms with Gasteiger partial charge in [0, 0.05) is 17.1 Å². The molecule has 0 radical (unpaired) electrons. The van der Waals surface area contributed by atoms with Crippen LogP contribution < -0.4 is 5.73 Å². The van der Waals surface area contributed by atoms with Crippen molar-refractivity contribution in [2.24, 2.45) is 10.7 Å². The number of nitrogens with zero attached hydrogens (tertiary/aromatic N) is 2. The topological polar surface area (TPSA) is 61.8 Å². The van der Waals surface area contributed by atoms with Crippen LogP contribution >= 0.6 is 23.2 Å². The van der Waals surface area contributed by atoms with Gasteiger partial charge in [0.05, 0.1) is 0 Å². The smallest absolute Gasteiger partial charge is 0.194 e. The Morgan fingerprint density at radius 3 is 2.35 bits per heavy atom. The van der Waals surface area contributed by atoms with Gasteiger partial charge in [-0.05, 0) is 47.9 Å². The number of nitrogens with two attached hydrogens (primary N) is 1. The highest BCUT2D eigenvalue weighted by Crippen LogP contribution is 2.37. The number of hydrogen-bond donors (Lipinski definition) is 2. The Labute approximate surface area is 145 Å². The quantitative estimate of drug-likeness (QED) is 0.872. The Hall–Kier alpha value is -1.75. The Morgan fingerprint density at radius 2 is 1.78 bits per heavy atom. The summed E-state index contributed by atoms with van der Waals surface area (Å²) < 4.78 is 0. The third-order valence-corrected chi connectivity index (χ3v) is 4.66. The van der Waals surface area contributed by atoms with E-state index in [2.05, 4.69) is 4.99 Å². The molecule has 1 aliphatic rings. The normalized spacial score (nSPS) is 24.0. The number of likely N-dealkylation sites (N-methyl/N-ethyl adjacent to an activating group) is 1. The van der Waals surface area contributed by atoms with Crippen molar-refractivity contribution in [1.29, 1.82) is 0 Å². The summed E-state index contributed by atoms with van der Waals surface area (Å²) in [5, 5.41) is 11.6. The molecule has 0 saturated carbocycles. The van der Waals surface area contributed by atoms with Gasteiger partial charge in [0.2, 0.25) is 0 Å². The number of hydrogen-bond acceptors (Lipinski definition) is 4. The molecule has 3 rings (SSSR count). The van der Waals surface area contributed by atoms with Crippen molar-refractivity contribution < 1.29 is 5.11 Å². The molecule has 0 bridgehead atoms. The molecule has 0 fully saturated rings. The van der Waals surface area contributed by atoms with Gasteiger partial charge in [-0.2, -0.15) is 0 Å². The molecule has 2 atom stereocenters. The van der Waals surface area contributed by atoms with Gasteiger partial charge in [-0.25, -0.2) is 4.99 Å². The van der Waals surface area contributed by atoms with Crippen LogP contribution in [0.25, 0.3) is 11.1 Å². The van der Waals surface area contributed by atoms with E-state index in [1.54, 1.807) is 18.0 Å². The summed E-state index contributed by atoms with van der Waals surface area (Å²) in [7, 11) is 1.72. The second kappa shape index (κ2) is 5.71. The van der Waals surface area contributed by atoms with Crippen LogP contribution in [-0.2, 0) is 5.54 Å². The van der Waals surface area contributed by atoms with Crippen LogP contribution in [0.2, 0.25) is 10.0 Å². The van der Waals surface area contributed by atoms with Crippen LogP contribution in [0.4, 0.5) is 0 Å². The predicted molar refractivity (Wildman–Crippen MR) is 94.6 cm³/mol. The van der Waals surface area contributed by atoms with E-state index < -0.39 is 11.8 Å². The van der Waals surface area contributed by atoms with E-state index in [0.717, 1.165) is 16.7 Å². The van der Waals surface area contributed by atoms with Gasteiger partial charge in [-0.15, -0.1) is 0 Å². The molecule has 6 heteroatoms. The van der Waals surface area contributed by atoms with E-state index in [1.807, 2.05) is 43.3 Å². The third-order valence-electron chi connectivity index (χ3n) is 4.22. The first kappa shape index (κ1) is 16.1. The van der Waals surface area contributed by atoms with Crippen LogP contribution in [0.1, 0.15) is 12.5 Å². The van der Waals surface area contributed by atoms with E-state index in [1.165, 1.54) is 0 Å². The van der Waals surface area contributed by atoms with Crippen LogP contribution in [-0.4, -0.2) is 29.2 Å². The van der Waals surface area contributed by atoms with E-state index in [0.29, 0.717) is 16.0 Å². The van der Waals surface area contributed by atoms with Crippen LogP contribution in [0.15, 0.2) is 47.5 Å². The summed E-state index contributed by atoms with van der Waals surface area (Å²) in [5.41, 5.74) is 7.75. The van der Waals surface area contributed by atoms with E-state index in [4.69, 9.17) is 28.9 Å². The molecular formula is C17H17Cl2N3O.